The van der Waals surface area contributed by atoms with Crippen molar-refractivity contribution in [3.05, 3.63) is 52.5 Å². The normalized spacial score (nSPS) is 21.1. The van der Waals surface area contributed by atoms with Gasteiger partial charge in [-0.25, -0.2) is 4.79 Å². The van der Waals surface area contributed by atoms with Crippen LogP contribution in [-0.2, 0) is 15.1 Å². The van der Waals surface area contributed by atoms with Crippen LogP contribution in [0.2, 0.25) is 10.0 Å². The summed E-state index contributed by atoms with van der Waals surface area (Å²) in [5, 5.41) is 5.85. The van der Waals surface area contributed by atoms with Gasteiger partial charge >= 0.3 is 6.03 Å². The molecule has 1 aromatic carbocycles. The second-order valence-electron chi connectivity index (χ2n) is 7.37. The third-order valence-electron chi connectivity index (χ3n) is 5.56. The maximum Gasteiger partial charge on any atom is 0.322 e. The zero-order chi connectivity index (χ0) is 22.0. The maximum absolute atomic E-state index is 12.8. The van der Waals surface area contributed by atoms with Gasteiger partial charge in [0.05, 0.1) is 21.9 Å². The molecule has 9 nitrogen and oxygen atoms in total. The number of aromatic nitrogens is 2. The van der Waals surface area contributed by atoms with Crippen molar-refractivity contribution in [3.63, 3.8) is 0 Å². The molecule has 2 aliphatic rings. The van der Waals surface area contributed by atoms with Gasteiger partial charge in [-0.1, -0.05) is 23.2 Å². The second kappa shape index (κ2) is 8.68. The molecular weight excluding hydrogens is 443 g/mol. The Hall–Kier alpha value is -2.91. The number of benzene rings is 1. The molecule has 0 spiro atoms. The Morgan fingerprint density at radius 2 is 1.87 bits per heavy atom. The predicted molar refractivity (Wildman–Crippen MR) is 115 cm³/mol. The van der Waals surface area contributed by atoms with Crippen molar-refractivity contribution < 1.29 is 14.4 Å². The molecule has 3 heterocycles. The van der Waals surface area contributed by atoms with Gasteiger partial charge in [0.25, 0.3) is 5.91 Å². The number of carbonyl (C=O) groups excluding carboxylic acids is 3. The predicted octanol–water partition coefficient (Wildman–Crippen LogP) is 1.95. The second-order valence-corrected chi connectivity index (χ2v) is 8.18. The van der Waals surface area contributed by atoms with E-state index < -0.39 is 17.5 Å². The Labute approximate surface area is 188 Å². The van der Waals surface area contributed by atoms with E-state index in [2.05, 4.69) is 25.5 Å². The summed E-state index contributed by atoms with van der Waals surface area (Å²) in [6.07, 6.45) is 4.51. The van der Waals surface area contributed by atoms with Gasteiger partial charge < -0.3 is 15.1 Å². The lowest BCUT2D eigenvalue weighted by Gasteiger charge is -2.36. The summed E-state index contributed by atoms with van der Waals surface area (Å²) in [6.45, 7) is 2.37. The van der Waals surface area contributed by atoms with E-state index in [-0.39, 0.29) is 18.7 Å². The van der Waals surface area contributed by atoms with Crippen LogP contribution in [0.1, 0.15) is 18.5 Å². The molecule has 1 aromatic heterocycles. The first-order chi connectivity index (χ1) is 14.9. The van der Waals surface area contributed by atoms with Crippen LogP contribution in [0.15, 0.2) is 36.8 Å². The number of carbonyl (C=O) groups is 3. The third kappa shape index (κ3) is 4.28. The molecular formula is C20H20Cl2N6O3. The monoisotopic (exact) mass is 462 g/mol. The molecule has 2 aliphatic heterocycles. The van der Waals surface area contributed by atoms with Crippen LogP contribution in [0.5, 0.6) is 0 Å². The van der Waals surface area contributed by atoms with Crippen LogP contribution < -0.4 is 15.5 Å². The van der Waals surface area contributed by atoms with Crippen LogP contribution in [0.25, 0.3) is 0 Å². The fraction of sp³-hybridized carbons (Fsp3) is 0.350. The van der Waals surface area contributed by atoms with E-state index in [0.717, 1.165) is 5.69 Å². The molecule has 4 rings (SSSR count). The topological polar surface area (TPSA) is 108 Å². The lowest BCUT2D eigenvalue weighted by atomic mass is 9.89. The number of piperazine rings is 1. The lowest BCUT2D eigenvalue weighted by Crippen LogP contribution is -2.50. The highest BCUT2D eigenvalue weighted by Gasteiger charge is 2.49. The Balaban J connectivity index is 1.39. The number of hydrogen-bond acceptors (Lipinski definition) is 6. The molecule has 11 heteroatoms. The number of rotatable bonds is 5. The van der Waals surface area contributed by atoms with E-state index in [1.54, 1.807) is 11.0 Å². The summed E-state index contributed by atoms with van der Waals surface area (Å²) in [7, 11) is 0. The summed E-state index contributed by atoms with van der Waals surface area (Å²) < 4.78 is 0. The molecule has 1 unspecified atom stereocenters. The van der Waals surface area contributed by atoms with Crippen molar-refractivity contribution >= 4 is 46.7 Å². The van der Waals surface area contributed by atoms with Gasteiger partial charge in [-0.05, 0) is 24.6 Å². The number of hydrogen-bond donors (Lipinski definition) is 2. The first kappa shape index (κ1) is 21.3. The highest BCUT2D eigenvalue weighted by atomic mass is 35.5. The van der Waals surface area contributed by atoms with Crippen LogP contribution in [0.3, 0.4) is 0 Å². The third-order valence-corrected chi connectivity index (χ3v) is 6.30. The molecule has 162 valence electrons. The minimum atomic E-state index is -1.40. The number of nitrogens with one attached hydrogen (secondary N) is 2. The van der Waals surface area contributed by atoms with Gasteiger partial charge in [0.15, 0.2) is 5.54 Å². The first-order valence-corrected chi connectivity index (χ1v) is 10.5. The van der Waals surface area contributed by atoms with E-state index >= 15 is 0 Å². The summed E-state index contributed by atoms with van der Waals surface area (Å²) >= 11 is 12.1. The SMILES string of the molecule is O=C1NC(=O)C(CCC(=O)N2CCN(c3ccc(Cl)c(Cl)c3)CC2)(c2cnccn2)N1. The Morgan fingerprint density at radius 1 is 1.10 bits per heavy atom. The van der Waals surface area contributed by atoms with E-state index in [0.29, 0.717) is 41.9 Å². The van der Waals surface area contributed by atoms with E-state index in [9.17, 15) is 14.4 Å². The molecule has 0 radical (unpaired) electrons. The van der Waals surface area contributed by atoms with Gasteiger partial charge in [-0.3, -0.25) is 24.9 Å². The number of amides is 4. The van der Waals surface area contributed by atoms with E-state index in [4.69, 9.17) is 23.2 Å². The van der Waals surface area contributed by atoms with Gasteiger partial charge in [0.2, 0.25) is 5.91 Å². The average molecular weight is 463 g/mol. The minimum Gasteiger partial charge on any atom is -0.368 e. The van der Waals surface area contributed by atoms with E-state index in [1.807, 2.05) is 12.1 Å². The highest BCUT2D eigenvalue weighted by molar-refractivity contribution is 6.42. The maximum atomic E-state index is 12.8. The quantitative estimate of drug-likeness (QED) is 0.657. The smallest absolute Gasteiger partial charge is 0.322 e. The zero-order valence-corrected chi connectivity index (χ0v) is 18.0. The number of halogens is 2. The molecule has 2 saturated heterocycles. The highest BCUT2D eigenvalue weighted by Crippen LogP contribution is 2.30. The van der Waals surface area contributed by atoms with Crippen molar-refractivity contribution in [1.82, 2.24) is 25.5 Å². The number of imide groups is 1. The van der Waals surface area contributed by atoms with Gasteiger partial charge in [0, 0.05) is 50.7 Å². The number of anilines is 1. The minimum absolute atomic E-state index is 0.0804. The van der Waals surface area contributed by atoms with Gasteiger partial charge in [-0.2, -0.15) is 0 Å². The summed E-state index contributed by atoms with van der Waals surface area (Å²) in [5.41, 5.74) is -0.146. The van der Waals surface area contributed by atoms with Crippen molar-refractivity contribution in [2.24, 2.45) is 0 Å². The van der Waals surface area contributed by atoms with Crippen molar-refractivity contribution in [2.75, 3.05) is 31.1 Å². The fourth-order valence-electron chi connectivity index (χ4n) is 3.84. The lowest BCUT2D eigenvalue weighted by molar-refractivity contribution is -0.132. The van der Waals surface area contributed by atoms with Gasteiger partial charge in [-0.15, -0.1) is 0 Å². The standard InChI is InChI=1S/C20H20Cl2N6O3/c21-14-2-1-13(11-15(14)22)27-7-9-28(10-8-27)17(29)3-4-20(16-12-23-5-6-24-16)18(30)25-19(31)26-20/h1-2,5-6,11-12H,3-4,7-10H2,(H2,25,26,30,31). The van der Waals surface area contributed by atoms with Crippen molar-refractivity contribution in [1.29, 1.82) is 0 Å². The molecule has 0 bridgehead atoms. The van der Waals surface area contributed by atoms with Crippen LogP contribution in [-0.4, -0.2) is 58.9 Å². The first-order valence-electron chi connectivity index (χ1n) is 9.77. The zero-order valence-electron chi connectivity index (χ0n) is 16.5. The van der Waals surface area contributed by atoms with Crippen LogP contribution >= 0.6 is 23.2 Å². The molecule has 2 aromatic rings. The summed E-state index contributed by atoms with van der Waals surface area (Å²) in [4.78, 5) is 49.2. The number of urea groups is 1. The molecule has 1 atom stereocenters. The number of nitrogens with zero attached hydrogens (tertiary/aromatic N) is 4. The molecule has 0 saturated carbocycles. The molecule has 4 amide bonds. The molecule has 2 fully saturated rings. The Bertz CT molecular complexity index is 1010. The molecule has 31 heavy (non-hydrogen) atoms. The van der Waals surface area contributed by atoms with E-state index in [1.165, 1.54) is 18.6 Å². The van der Waals surface area contributed by atoms with Crippen molar-refractivity contribution in [3.8, 4) is 0 Å². The largest absolute Gasteiger partial charge is 0.368 e. The fourth-order valence-corrected chi connectivity index (χ4v) is 4.14. The molecule has 0 aliphatic carbocycles. The van der Waals surface area contributed by atoms with Crippen molar-refractivity contribution in [2.45, 2.75) is 18.4 Å². The van der Waals surface area contributed by atoms with Crippen LogP contribution in [0, 0.1) is 0 Å². The van der Waals surface area contributed by atoms with Crippen LogP contribution in [0.4, 0.5) is 10.5 Å². The summed E-state index contributed by atoms with van der Waals surface area (Å²) in [6, 6.07) is 4.85. The Kier molecular flexibility index (Phi) is 5.97. The average Bonchev–Trinajstić information content (AvgIpc) is 3.08. The van der Waals surface area contributed by atoms with Gasteiger partial charge in [0.1, 0.15) is 0 Å². The Morgan fingerprint density at radius 3 is 2.48 bits per heavy atom. The summed E-state index contributed by atoms with van der Waals surface area (Å²) in [5.74, 6) is -0.624. The molecule has 2 N–H and O–H groups in total.